The van der Waals surface area contributed by atoms with Crippen LogP contribution in [-0.4, -0.2) is 35.8 Å². The summed E-state index contributed by atoms with van der Waals surface area (Å²) in [6.07, 6.45) is 13.1. The molecular weight excluding hydrogens is 785 g/mol. The minimum atomic E-state index is 0.424. The van der Waals surface area contributed by atoms with E-state index in [0.717, 1.165) is 93.9 Å². The third-order valence-corrected chi connectivity index (χ3v) is 9.93. The second-order valence-electron chi connectivity index (χ2n) is 14.9. The summed E-state index contributed by atoms with van der Waals surface area (Å²) in [6.45, 7) is 5.89. The van der Waals surface area contributed by atoms with Gasteiger partial charge >= 0.3 is 0 Å². The second-order valence-corrected chi connectivity index (χ2v) is 14.9. The molecular formula is C52H52N8O3. The minimum Gasteiger partial charge on any atom is -0.494 e. The minimum absolute atomic E-state index is 0.424. The summed E-state index contributed by atoms with van der Waals surface area (Å²) < 4.78 is 17.7. The molecule has 0 amide bonds. The molecule has 6 aromatic carbocycles. The lowest BCUT2D eigenvalue weighted by molar-refractivity contribution is 0.305. The quantitative estimate of drug-likeness (QED) is 0.0381. The highest BCUT2D eigenvalue weighted by Crippen LogP contribution is 2.28. The van der Waals surface area contributed by atoms with Crippen molar-refractivity contribution >= 4 is 46.6 Å². The van der Waals surface area contributed by atoms with Crippen LogP contribution in [0.15, 0.2) is 180 Å². The number of azo groups is 2. The molecule has 1 aromatic heterocycles. The van der Waals surface area contributed by atoms with E-state index in [1.165, 1.54) is 38.5 Å². The first-order valence-corrected chi connectivity index (χ1v) is 21.7. The Morgan fingerprint density at radius 1 is 0.397 bits per heavy atom. The molecule has 0 unspecified atom stereocenters. The Bertz CT molecular complexity index is 2370. The zero-order valence-electron chi connectivity index (χ0n) is 35.9. The largest absolute Gasteiger partial charge is 0.494 e. The SMILES string of the molecule is CCCCCCOc1ccc(N=Nc2ccc(C=Nc3ccc(-c4nnc(-c5ccc(N=Cc6ccc(N=Nc7ccc(OCCCCCC)cc7)cc6)cc5)o4)cc3)cc2)cc1. The second kappa shape index (κ2) is 23.6. The number of nitrogens with zero attached hydrogens (tertiary/aromatic N) is 8. The van der Waals surface area contributed by atoms with Gasteiger partial charge in [0.2, 0.25) is 11.8 Å². The number of hydrogen-bond acceptors (Lipinski definition) is 11. The molecule has 0 atom stereocenters. The van der Waals surface area contributed by atoms with E-state index in [1.54, 1.807) is 0 Å². The molecule has 7 rings (SSSR count). The summed E-state index contributed by atoms with van der Waals surface area (Å²) in [5.74, 6) is 2.55. The summed E-state index contributed by atoms with van der Waals surface area (Å²) >= 11 is 0. The Kier molecular flexibility index (Phi) is 16.3. The molecule has 63 heavy (non-hydrogen) atoms. The van der Waals surface area contributed by atoms with Gasteiger partial charge in [-0.1, -0.05) is 76.6 Å². The zero-order chi connectivity index (χ0) is 43.3. The van der Waals surface area contributed by atoms with Crippen molar-refractivity contribution in [2.24, 2.45) is 30.4 Å². The van der Waals surface area contributed by atoms with Gasteiger partial charge in [0.15, 0.2) is 0 Å². The number of aromatic nitrogens is 2. The number of aliphatic imine (C=N–C) groups is 2. The van der Waals surface area contributed by atoms with Crippen LogP contribution in [0.1, 0.15) is 76.3 Å². The van der Waals surface area contributed by atoms with Crippen LogP contribution in [0.4, 0.5) is 34.1 Å². The maximum atomic E-state index is 6.03. The standard InChI is InChI=1S/C52H52N8O3/c1-3-5-7-9-35-61-49-31-27-47(28-32-49)57-55-45-19-11-39(12-20-45)37-53-43-23-15-41(16-24-43)51-59-60-52(63-51)42-17-25-44(26-18-42)54-38-40-13-21-46(22-14-40)56-58-48-29-33-50(34-30-48)62-36-10-8-6-4-2/h11-34,37-38H,3-10,35-36H2,1-2H3. The summed E-state index contributed by atoms with van der Waals surface area (Å²) in [5.41, 5.74) is 8.14. The van der Waals surface area contributed by atoms with Crippen LogP contribution >= 0.6 is 0 Å². The number of hydrogen-bond donors (Lipinski definition) is 0. The highest BCUT2D eigenvalue weighted by Gasteiger charge is 2.11. The molecule has 7 aromatic rings. The maximum Gasteiger partial charge on any atom is 0.248 e. The molecule has 0 spiro atoms. The lowest BCUT2D eigenvalue weighted by Gasteiger charge is -2.05. The molecule has 0 N–H and O–H groups in total. The van der Waals surface area contributed by atoms with Crippen molar-refractivity contribution in [2.75, 3.05) is 13.2 Å². The number of unbranched alkanes of at least 4 members (excludes halogenated alkanes) is 6. The predicted octanol–water partition coefficient (Wildman–Crippen LogP) is 15.7. The molecule has 0 fully saturated rings. The molecule has 0 radical (unpaired) electrons. The van der Waals surface area contributed by atoms with Crippen LogP contribution in [-0.2, 0) is 0 Å². The lowest BCUT2D eigenvalue weighted by Crippen LogP contribution is -1.96. The molecule has 0 saturated heterocycles. The van der Waals surface area contributed by atoms with Crippen LogP contribution in [0.5, 0.6) is 11.5 Å². The topological polar surface area (TPSA) is 132 Å². The van der Waals surface area contributed by atoms with E-state index in [0.29, 0.717) is 11.8 Å². The van der Waals surface area contributed by atoms with E-state index in [4.69, 9.17) is 13.9 Å². The lowest BCUT2D eigenvalue weighted by atomic mass is 10.2. The molecule has 1 heterocycles. The Labute approximate surface area is 369 Å². The first-order chi connectivity index (χ1) is 31.1. The van der Waals surface area contributed by atoms with E-state index in [9.17, 15) is 0 Å². The molecule has 318 valence electrons. The molecule has 0 saturated carbocycles. The first-order valence-electron chi connectivity index (χ1n) is 21.7. The van der Waals surface area contributed by atoms with Crippen molar-refractivity contribution in [3.8, 4) is 34.4 Å². The monoisotopic (exact) mass is 836 g/mol. The summed E-state index contributed by atoms with van der Waals surface area (Å²) in [7, 11) is 0. The average molecular weight is 837 g/mol. The fourth-order valence-corrected chi connectivity index (χ4v) is 6.28. The van der Waals surface area contributed by atoms with E-state index in [-0.39, 0.29) is 0 Å². The Balaban J connectivity index is 0.851. The first kappa shape index (κ1) is 43.7. The van der Waals surface area contributed by atoms with Gasteiger partial charge in [-0.3, -0.25) is 9.98 Å². The molecule has 0 aliphatic heterocycles. The normalized spacial score (nSPS) is 11.7. The van der Waals surface area contributed by atoms with Gasteiger partial charge in [0.05, 0.1) is 47.3 Å². The maximum absolute atomic E-state index is 6.03. The molecule has 0 bridgehead atoms. The van der Waals surface area contributed by atoms with E-state index in [2.05, 4.69) is 54.5 Å². The van der Waals surface area contributed by atoms with Crippen LogP contribution in [0.3, 0.4) is 0 Å². The third-order valence-electron chi connectivity index (χ3n) is 9.93. The van der Waals surface area contributed by atoms with Crippen molar-refractivity contribution in [1.82, 2.24) is 10.2 Å². The van der Waals surface area contributed by atoms with Crippen molar-refractivity contribution in [1.29, 1.82) is 0 Å². The molecule has 11 nitrogen and oxygen atoms in total. The van der Waals surface area contributed by atoms with Crippen LogP contribution in [0.2, 0.25) is 0 Å². The van der Waals surface area contributed by atoms with Gasteiger partial charge in [0, 0.05) is 23.6 Å². The smallest absolute Gasteiger partial charge is 0.248 e. The van der Waals surface area contributed by atoms with Gasteiger partial charge < -0.3 is 13.9 Å². The van der Waals surface area contributed by atoms with Crippen LogP contribution in [0, 0.1) is 0 Å². The van der Waals surface area contributed by atoms with Gasteiger partial charge in [-0.05, 0) is 145 Å². The highest BCUT2D eigenvalue weighted by molar-refractivity contribution is 5.83. The zero-order valence-corrected chi connectivity index (χ0v) is 35.9. The van der Waals surface area contributed by atoms with Crippen LogP contribution < -0.4 is 9.47 Å². The summed E-state index contributed by atoms with van der Waals surface area (Å²) in [4.78, 5) is 9.26. The van der Waals surface area contributed by atoms with Gasteiger partial charge in [0.25, 0.3) is 0 Å². The van der Waals surface area contributed by atoms with Crippen LogP contribution in [0.25, 0.3) is 22.9 Å². The van der Waals surface area contributed by atoms with E-state index in [1.807, 2.05) is 158 Å². The fraction of sp³-hybridized carbons (Fsp3) is 0.231. The van der Waals surface area contributed by atoms with E-state index >= 15 is 0 Å². The van der Waals surface area contributed by atoms with Crippen molar-refractivity contribution in [3.05, 3.63) is 157 Å². The number of rotatable bonds is 22. The van der Waals surface area contributed by atoms with E-state index < -0.39 is 0 Å². The van der Waals surface area contributed by atoms with Crippen molar-refractivity contribution in [3.63, 3.8) is 0 Å². The van der Waals surface area contributed by atoms with Gasteiger partial charge in [-0.15, -0.1) is 10.2 Å². The van der Waals surface area contributed by atoms with Crippen molar-refractivity contribution in [2.45, 2.75) is 65.2 Å². The predicted molar refractivity (Wildman–Crippen MR) is 253 cm³/mol. The number of ether oxygens (including phenoxy) is 2. The Hall–Kier alpha value is -7.40. The fourth-order valence-electron chi connectivity index (χ4n) is 6.28. The molecule has 0 aliphatic carbocycles. The molecule has 0 aliphatic rings. The van der Waals surface area contributed by atoms with Crippen molar-refractivity contribution < 1.29 is 13.9 Å². The third kappa shape index (κ3) is 14.1. The van der Waals surface area contributed by atoms with Gasteiger partial charge in [-0.2, -0.15) is 20.5 Å². The highest BCUT2D eigenvalue weighted by atomic mass is 16.5. The number of benzene rings is 6. The molecule has 11 heteroatoms. The van der Waals surface area contributed by atoms with Gasteiger partial charge in [0.1, 0.15) is 11.5 Å². The Morgan fingerprint density at radius 2 is 0.730 bits per heavy atom. The Morgan fingerprint density at radius 3 is 1.08 bits per heavy atom. The summed E-state index contributed by atoms with van der Waals surface area (Å²) in [5, 5.41) is 26.0. The summed E-state index contributed by atoms with van der Waals surface area (Å²) in [6, 6.07) is 46.2. The average Bonchev–Trinajstić information content (AvgIpc) is 3.84. The van der Waals surface area contributed by atoms with Gasteiger partial charge in [-0.25, -0.2) is 0 Å².